The van der Waals surface area contributed by atoms with E-state index in [9.17, 15) is 14.4 Å². The Kier molecular flexibility index (Phi) is 10.2. The van der Waals surface area contributed by atoms with E-state index in [1.165, 1.54) is 7.05 Å². The molecule has 0 aliphatic heterocycles. The molecule has 0 saturated heterocycles. The number of esters is 1. The number of rotatable bonds is 10. The highest BCUT2D eigenvalue weighted by molar-refractivity contribution is 5.95. The van der Waals surface area contributed by atoms with Gasteiger partial charge >= 0.3 is 12.0 Å². The number of nitrogens with one attached hydrogen (secondary N) is 3. The smallest absolute Gasteiger partial charge is 0.326 e. The molecule has 7 heteroatoms. The molecular weight excluding hydrogens is 286 g/mol. The summed E-state index contributed by atoms with van der Waals surface area (Å²) < 4.78 is 5.09. The van der Waals surface area contributed by atoms with Gasteiger partial charge in [0.25, 0.3) is 0 Å². The molecule has 0 aromatic heterocycles. The van der Waals surface area contributed by atoms with Crippen LogP contribution < -0.4 is 16.0 Å². The van der Waals surface area contributed by atoms with Crippen molar-refractivity contribution in [1.82, 2.24) is 16.0 Å². The molecule has 0 aliphatic rings. The lowest BCUT2D eigenvalue weighted by molar-refractivity contribution is -0.151. The average Bonchev–Trinajstić information content (AvgIpc) is 2.49. The van der Waals surface area contributed by atoms with Crippen molar-refractivity contribution >= 4 is 17.9 Å². The Bertz CT molecular complexity index is 374. The van der Waals surface area contributed by atoms with Crippen LogP contribution in [0.5, 0.6) is 0 Å². The standard InChI is InChI=1S/C15H29N3O4/c1-5-7-8-9-10-15(3,13(20)22-6-2)17-11-12(19)18-14(21)16-4/h17H,5-11H2,1-4H3,(H2,16,18,19,21)/t15-/m1/s1. The van der Waals surface area contributed by atoms with E-state index in [1.54, 1.807) is 13.8 Å². The highest BCUT2D eigenvalue weighted by Gasteiger charge is 2.34. The van der Waals surface area contributed by atoms with Crippen LogP contribution in [0.4, 0.5) is 4.79 Å². The highest BCUT2D eigenvalue weighted by atomic mass is 16.5. The zero-order chi connectivity index (χ0) is 17.0. The predicted molar refractivity (Wildman–Crippen MR) is 84.4 cm³/mol. The van der Waals surface area contributed by atoms with Crippen molar-refractivity contribution in [3.63, 3.8) is 0 Å². The fourth-order valence-electron chi connectivity index (χ4n) is 1.97. The van der Waals surface area contributed by atoms with Crippen LogP contribution in [0.3, 0.4) is 0 Å². The quantitative estimate of drug-likeness (QED) is 0.417. The number of hydrogen-bond donors (Lipinski definition) is 3. The second-order valence-electron chi connectivity index (χ2n) is 5.34. The van der Waals surface area contributed by atoms with E-state index in [0.29, 0.717) is 6.42 Å². The van der Waals surface area contributed by atoms with Crippen molar-refractivity contribution in [2.45, 2.75) is 58.4 Å². The molecule has 0 aliphatic carbocycles. The maximum atomic E-state index is 12.1. The molecule has 3 amide bonds. The first-order valence-electron chi connectivity index (χ1n) is 7.83. The van der Waals surface area contributed by atoms with Gasteiger partial charge in [0.15, 0.2) is 0 Å². The Balaban J connectivity index is 4.54. The predicted octanol–water partition coefficient (Wildman–Crippen LogP) is 1.32. The van der Waals surface area contributed by atoms with Crippen LogP contribution in [0.1, 0.15) is 52.9 Å². The molecule has 0 radical (unpaired) electrons. The number of carbonyl (C=O) groups excluding carboxylic acids is 3. The first-order chi connectivity index (χ1) is 10.4. The van der Waals surface area contributed by atoms with Crippen molar-refractivity contribution in [2.75, 3.05) is 20.2 Å². The number of unbranched alkanes of at least 4 members (excludes halogenated alkanes) is 3. The summed E-state index contributed by atoms with van der Waals surface area (Å²) in [5.74, 6) is -0.873. The van der Waals surface area contributed by atoms with E-state index in [2.05, 4.69) is 22.9 Å². The third kappa shape index (κ3) is 7.97. The van der Waals surface area contributed by atoms with E-state index in [4.69, 9.17) is 4.74 Å². The van der Waals surface area contributed by atoms with Gasteiger partial charge in [-0.3, -0.25) is 20.2 Å². The Morgan fingerprint density at radius 1 is 1.09 bits per heavy atom. The Hall–Kier alpha value is -1.63. The minimum absolute atomic E-state index is 0.128. The number of hydrogen-bond acceptors (Lipinski definition) is 5. The molecule has 0 bridgehead atoms. The van der Waals surface area contributed by atoms with Crippen LogP contribution in [0.2, 0.25) is 0 Å². The van der Waals surface area contributed by atoms with Crippen LogP contribution in [-0.4, -0.2) is 43.6 Å². The number of ether oxygens (including phenoxy) is 1. The number of imide groups is 1. The molecule has 128 valence electrons. The molecular formula is C15H29N3O4. The van der Waals surface area contributed by atoms with Gasteiger partial charge in [-0.15, -0.1) is 0 Å². The van der Waals surface area contributed by atoms with Crippen molar-refractivity contribution in [3.05, 3.63) is 0 Å². The molecule has 0 aromatic rings. The molecule has 0 fully saturated rings. The molecule has 1 atom stereocenters. The molecule has 3 N–H and O–H groups in total. The number of urea groups is 1. The van der Waals surface area contributed by atoms with Crippen molar-refractivity contribution < 1.29 is 19.1 Å². The Morgan fingerprint density at radius 3 is 2.32 bits per heavy atom. The van der Waals surface area contributed by atoms with Crippen molar-refractivity contribution in [3.8, 4) is 0 Å². The van der Waals surface area contributed by atoms with Crippen LogP contribution in [0, 0.1) is 0 Å². The van der Waals surface area contributed by atoms with Gasteiger partial charge in [0, 0.05) is 7.05 Å². The second-order valence-corrected chi connectivity index (χ2v) is 5.34. The number of amides is 3. The van der Waals surface area contributed by atoms with Crippen LogP contribution >= 0.6 is 0 Å². The summed E-state index contributed by atoms with van der Waals surface area (Å²) in [5, 5.41) is 7.36. The van der Waals surface area contributed by atoms with Gasteiger partial charge in [0.2, 0.25) is 5.91 Å². The average molecular weight is 315 g/mol. The summed E-state index contributed by atoms with van der Waals surface area (Å²) in [7, 11) is 1.42. The lowest BCUT2D eigenvalue weighted by Crippen LogP contribution is -2.54. The Labute approximate surface area is 132 Å². The Morgan fingerprint density at radius 2 is 1.77 bits per heavy atom. The summed E-state index contributed by atoms with van der Waals surface area (Å²) in [6, 6.07) is -0.576. The minimum Gasteiger partial charge on any atom is -0.465 e. The second kappa shape index (κ2) is 11.0. The van der Waals surface area contributed by atoms with Crippen molar-refractivity contribution in [2.24, 2.45) is 0 Å². The van der Waals surface area contributed by atoms with Gasteiger partial charge in [-0.1, -0.05) is 32.6 Å². The fraction of sp³-hybridized carbons (Fsp3) is 0.800. The molecule has 0 rings (SSSR count). The monoisotopic (exact) mass is 315 g/mol. The lowest BCUT2D eigenvalue weighted by atomic mass is 9.94. The zero-order valence-electron chi connectivity index (χ0n) is 14.1. The highest BCUT2D eigenvalue weighted by Crippen LogP contribution is 2.17. The van der Waals surface area contributed by atoms with E-state index in [-0.39, 0.29) is 19.1 Å². The fourth-order valence-corrected chi connectivity index (χ4v) is 1.97. The van der Waals surface area contributed by atoms with Gasteiger partial charge in [-0.2, -0.15) is 0 Å². The van der Waals surface area contributed by atoms with Crippen LogP contribution in [0.15, 0.2) is 0 Å². The van der Waals surface area contributed by atoms with E-state index >= 15 is 0 Å². The molecule has 7 nitrogen and oxygen atoms in total. The molecule has 0 unspecified atom stereocenters. The third-order valence-corrected chi connectivity index (χ3v) is 3.38. The first-order valence-corrected chi connectivity index (χ1v) is 7.83. The van der Waals surface area contributed by atoms with Crippen LogP contribution in [-0.2, 0) is 14.3 Å². The van der Waals surface area contributed by atoms with E-state index in [0.717, 1.165) is 25.7 Å². The van der Waals surface area contributed by atoms with Gasteiger partial charge in [-0.25, -0.2) is 4.79 Å². The summed E-state index contributed by atoms with van der Waals surface area (Å²) in [5.41, 5.74) is -0.927. The summed E-state index contributed by atoms with van der Waals surface area (Å²) in [4.78, 5) is 34.8. The van der Waals surface area contributed by atoms with Gasteiger partial charge < -0.3 is 10.1 Å². The SMILES string of the molecule is CCCCCC[C@@](C)(NCC(=O)NC(=O)NC)C(=O)OCC. The van der Waals surface area contributed by atoms with Crippen LogP contribution in [0.25, 0.3) is 0 Å². The molecule has 0 aromatic carbocycles. The first kappa shape index (κ1) is 20.4. The van der Waals surface area contributed by atoms with Gasteiger partial charge in [-0.05, 0) is 20.3 Å². The maximum Gasteiger partial charge on any atom is 0.326 e. The summed E-state index contributed by atoms with van der Waals surface area (Å²) >= 11 is 0. The van der Waals surface area contributed by atoms with Gasteiger partial charge in [0.05, 0.1) is 13.2 Å². The van der Waals surface area contributed by atoms with E-state index in [1.807, 2.05) is 0 Å². The molecule has 0 heterocycles. The maximum absolute atomic E-state index is 12.1. The summed E-state index contributed by atoms with van der Waals surface area (Å²) in [6.07, 6.45) is 4.69. The minimum atomic E-state index is -0.927. The largest absolute Gasteiger partial charge is 0.465 e. The molecule has 22 heavy (non-hydrogen) atoms. The number of carbonyl (C=O) groups is 3. The topological polar surface area (TPSA) is 96.5 Å². The lowest BCUT2D eigenvalue weighted by Gasteiger charge is -2.28. The third-order valence-electron chi connectivity index (χ3n) is 3.38. The van der Waals surface area contributed by atoms with Crippen molar-refractivity contribution in [1.29, 1.82) is 0 Å². The normalized spacial score (nSPS) is 13.1. The zero-order valence-corrected chi connectivity index (χ0v) is 14.1. The molecule has 0 spiro atoms. The summed E-state index contributed by atoms with van der Waals surface area (Å²) in [6.45, 7) is 5.75. The molecule has 0 saturated carbocycles. The van der Waals surface area contributed by atoms with E-state index < -0.39 is 17.5 Å². The van der Waals surface area contributed by atoms with Gasteiger partial charge in [0.1, 0.15) is 5.54 Å².